The van der Waals surface area contributed by atoms with Crippen LogP contribution in [-0.2, 0) is 19.5 Å². The Hall–Kier alpha value is -2.80. The van der Waals surface area contributed by atoms with Crippen LogP contribution in [0.1, 0.15) is 48.8 Å². The second kappa shape index (κ2) is 10.00. The van der Waals surface area contributed by atoms with E-state index in [4.69, 9.17) is 15.2 Å². The van der Waals surface area contributed by atoms with Crippen molar-refractivity contribution in [2.75, 3.05) is 32.6 Å². The number of hydrogen-bond acceptors (Lipinski definition) is 8. The first-order valence-corrected chi connectivity index (χ1v) is 12.3. The Morgan fingerprint density at radius 2 is 1.94 bits per heavy atom. The highest BCUT2D eigenvalue weighted by atomic mass is 32.2. The fraction of sp³-hybridized carbons (Fsp3) is 0.381. The van der Waals surface area contributed by atoms with Gasteiger partial charge in [-0.15, -0.1) is 11.3 Å². The number of likely N-dealkylation sites (N-methyl/N-ethyl adjacent to an activating group) is 1. The van der Waals surface area contributed by atoms with Crippen molar-refractivity contribution in [2.45, 2.75) is 30.8 Å². The van der Waals surface area contributed by atoms with Crippen molar-refractivity contribution < 1.29 is 32.3 Å². The highest BCUT2D eigenvalue weighted by molar-refractivity contribution is 7.89. The normalized spacial score (nSPS) is 16.1. The number of esters is 1. The monoisotopic (exact) mass is 495 g/mol. The number of amides is 2. The van der Waals surface area contributed by atoms with Gasteiger partial charge in [-0.3, -0.25) is 9.59 Å². The summed E-state index contributed by atoms with van der Waals surface area (Å²) in [4.78, 5) is 36.7. The molecule has 1 aliphatic rings. The largest absolute Gasteiger partial charge is 0.465 e. The molecule has 3 N–H and O–H groups in total. The number of methoxy groups -OCH3 is 1. The minimum absolute atomic E-state index is 0.0173. The third-order valence-corrected chi connectivity index (χ3v) is 8.33. The summed E-state index contributed by atoms with van der Waals surface area (Å²) in [6.07, 6.45) is 1.59. The fourth-order valence-electron chi connectivity index (χ4n) is 3.49. The molecule has 1 saturated heterocycles. The zero-order valence-corrected chi connectivity index (χ0v) is 20.0. The number of carbonyl (C=O) groups is 3. The Balaban J connectivity index is 1.78. The zero-order chi connectivity index (χ0) is 24.3. The van der Waals surface area contributed by atoms with E-state index in [-0.39, 0.29) is 38.5 Å². The van der Waals surface area contributed by atoms with E-state index < -0.39 is 27.8 Å². The summed E-state index contributed by atoms with van der Waals surface area (Å²) in [5.74, 6) is -2.04. The van der Waals surface area contributed by atoms with Crippen molar-refractivity contribution in [3.8, 4) is 0 Å². The fourth-order valence-corrected chi connectivity index (χ4v) is 5.82. The maximum absolute atomic E-state index is 12.8. The van der Waals surface area contributed by atoms with E-state index in [1.165, 1.54) is 49.7 Å². The molecule has 33 heavy (non-hydrogen) atoms. The Kier molecular flexibility index (Phi) is 7.52. The number of hydrogen-bond donors (Lipinski definition) is 2. The molecular formula is C21H25N3O7S2. The van der Waals surface area contributed by atoms with Crippen LogP contribution in [0.15, 0.2) is 29.2 Å². The lowest BCUT2D eigenvalue weighted by Gasteiger charge is -2.20. The summed E-state index contributed by atoms with van der Waals surface area (Å²) in [7, 11) is -1.06. The minimum atomic E-state index is -3.75. The summed E-state index contributed by atoms with van der Waals surface area (Å²) in [6, 6.07) is 5.41. The summed E-state index contributed by atoms with van der Waals surface area (Å²) in [5.41, 5.74) is 5.91. The van der Waals surface area contributed by atoms with Gasteiger partial charge in [0.2, 0.25) is 10.0 Å². The van der Waals surface area contributed by atoms with Gasteiger partial charge in [-0.1, -0.05) is 0 Å². The summed E-state index contributed by atoms with van der Waals surface area (Å²) < 4.78 is 37.1. The number of anilines is 1. The van der Waals surface area contributed by atoms with Gasteiger partial charge in [0, 0.05) is 25.8 Å². The van der Waals surface area contributed by atoms with Crippen LogP contribution < -0.4 is 11.1 Å². The van der Waals surface area contributed by atoms with Crippen LogP contribution >= 0.6 is 11.3 Å². The van der Waals surface area contributed by atoms with E-state index in [9.17, 15) is 22.8 Å². The number of sulfonamides is 1. The molecule has 178 valence electrons. The number of benzene rings is 1. The van der Waals surface area contributed by atoms with Crippen LogP contribution in [0.5, 0.6) is 0 Å². The van der Waals surface area contributed by atoms with Gasteiger partial charge in [0.05, 0.1) is 23.7 Å². The predicted molar refractivity (Wildman–Crippen MR) is 122 cm³/mol. The van der Waals surface area contributed by atoms with Gasteiger partial charge in [0.15, 0.2) is 0 Å². The number of nitrogens with two attached hydrogens (primary N) is 1. The first-order valence-electron chi connectivity index (χ1n) is 10.1. The van der Waals surface area contributed by atoms with Crippen molar-refractivity contribution in [1.82, 2.24) is 4.31 Å². The average Bonchev–Trinajstić information content (AvgIpc) is 3.40. The van der Waals surface area contributed by atoms with E-state index in [1.54, 1.807) is 0 Å². The van der Waals surface area contributed by atoms with Gasteiger partial charge < -0.3 is 20.5 Å². The molecule has 12 heteroatoms. The molecule has 1 aromatic heterocycles. The third-order valence-electron chi connectivity index (χ3n) is 5.30. The molecule has 0 aliphatic carbocycles. The van der Waals surface area contributed by atoms with Gasteiger partial charge in [-0.2, -0.15) is 4.31 Å². The molecule has 0 bridgehead atoms. The highest BCUT2D eigenvalue weighted by Crippen LogP contribution is 2.33. The van der Waals surface area contributed by atoms with Crippen LogP contribution in [0.3, 0.4) is 0 Å². The molecule has 2 heterocycles. The highest BCUT2D eigenvalue weighted by Gasteiger charge is 2.27. The zero-order valence-electron chi connectivity index (χ0n) is 18.4. The third kappa shape index (κ3) is 5.24. The van der Waals surface area contributed by atoms with E-state index in [0.29, 0.717) is 12.2 Å². The van der Waals surface area contributed by atoms with Crippen molar-refractivity contribution >= 4 is 44.1 Å². The molecule has 1 aromatic carbocycles. The molecule has 0 spiro atoms. The lowest BCUT2D eigenvalue weighted by atomic mass is 10.1. The molecule has 1 atom stereocenters. The van der Waals surface area contributed by atoms with Crippen molar-refractivity contribution in [3.05, 3.63) is 45.8 Å². The summed E-state index contributed by atoms with van der Waals surface area (Å²) >= 11 is 0.875. The molecule has 0 saturated carbocycles. The molecule has 2 aromatic rings. The molecule has 1 unspecified atom stereocenters. The summed E-state index contributed by atoms with van der Waals surface area (Å²) in [5, 5.41) is 2.68. The number of thiophene rings is 1. The molecule has 1 fully saturated rings. The molecule has 10 nitrogen and oxygen atoms in total. The van der Waals surface area contributed by atoms with Crippen LogP contribution in [0.4, 0.5) is 5.00 Å². The minimum Gasteiger partial charge on any atom is -0.465 e. The van der Waals surface area contributed by atoms with Crippen LogP contribution in [0.25, 0.3) is 0 Å². The maximum Gasteiger partial charge on any atom is 0.348 e. The smallest absolute Gasteiger partial charge is 0.348 e. The van der Waals surface area contributed by atoms with Gasteiger partial charge >= 0.3 is 5.97 Å². The molecule has 0 radical (unpaired) electrons. The standard InChI is InChI=1S/C21H25N3O7S2/c1-12-16(18(22)25)20(32-17(12)21(27)30-3)23-19(26)13-6-8-15(9-7-13)33(28,29)24(2)11-14-5-4-10-31-14/h6-9,14H,4-5,10-11H2,1-3H3,(H2,22,25)(H,23,26). The van der Waals surface area contributed by atoms with Gasteiger partial charge in [0.1, 0.15) is 9.88 Å². The van der Waals surface area contributed by atoms with Gasteiger partial charge in [-0.25, -0.2) is 13.2 Å². The number of nitrogens with zero attached hydrogens (tertiary/aromatic N) is 1. The molecular weight excluding hydrogens is 470 g/mol. The second-order valence-corrected chi connectivity index (χ2v) is 10.6. The molecule has 2 amide bonds. The number of ether oxygens (including phenoxy) is 2. The van der Waals surface area contributed by atoms with Crippen LogP contribution in [0.2, 0.25) is 0 Å². The van der Waals surface area contributed by atoms with E-state index in [0.717, 1.165) is 24.2 Å². The second-order valence-electron chi connectivity index (χ2n) is 7.52. The Morgan fingerprint density at radius 3 is 2.48 bits per heavy atom. The lowest BCUT2D eigenvalue weighted by molar-refractivity contribution is 0.0605. The van der Waals surface area contributed by atoms with Crippen molar-refractivity contribution in [3.63, 3.8) is 0 Å². The lowest BCUT2D eigenvalue weighted by Crippen LogP contribution is -2.34. The Bertz CT molecular complexity index is 1170. The van der Waals surface area contributed by atoms with Gasteiger partial charge in [-0.05, 0) is 49.6 Å². The van der Waals surface area contributed by atoms with E-state index in [2.05, 4.69) is 5.32 Å². The quantitative estimate of drug-likeness (QED) is 0.533. The number of rotatable bonds is 8. The first-order chi connectivity index (χ1) is 15.6. The van der Waals surface area contributed by atoms with E-state index in [1.807, 2.05) is 0 Å². The first kappa shape index (κ1) is 24.8. The maximum atomic E-state index is 12.8. The van der Waals surface area contributed by atoms with Gasteiger partial charge in [0.25, 0.3) is 11.8 Å². The van der Waals surface area contributed by atoms with Crippen LogP contribution in [0, 0.1) is 6.92 Å². The Morgan fingerprint density at radius 1 is 1.27 bits per heavy atom. The van der Waals surface area contributed by atoms with E-state index >= 15 is 0 Å². The van der Waals surface area contributed by atoms with Crippen molar-refractivity contribution in [2.24, 2.45) is 5.73 Å². The van der Waals surface area contributed by atoms with Crippen molar-refractivity contribution in [1.29, 1.82) is 0 Å². The Labute approximate surface area is 195 Å². The molecule has 3 rings (SSSR count). The average molecular weight is 496 g/mol. The summed E-state index contributed by atoms with van der Waals surface area (Å²) in [6.45, 7) is 2.41. The number of carbonyl (C=O) groups excluding carboxylic acids is 3. The number of nitrogens with one attached hydrogen (secondary N) is 1. The SMILES string of the molecule is COC(=O)c1sc(NC(=O)c2ccc(S(=O)(=O)N(C)CC3CCCO3)cc2)c(C(N)=O)c1C. The predicted octanol–water partition coefficient (Wildman–Crippen LogP) is 1.99. The van der Waals surface area contributed by atoms with Crippen LogP contribution in [-0.4, -0.2) is 63.9 Å². The molecule has 1 aliphatic heterocycles. The number of primary amides is 1. The topological polar surface area (TPSA) is 145 Å².